The van der Waals surface area contributed by atoms with Crippen LogP contribution in [0.4, 0.5) is 10.1 Å². The van der Waals surface area contributed by atoms with E-state index in [0.29, 0.717) is 5.02 Å². The molecule has 0 unspecified atom stereocenters. The van der Waals surface area contributed by atoms with Crippen molar-refractivity contribution >= 4 is 28.2 Å². The summed E-state index contributed by atoms with van der Waals surface area (Å²) in [6, 6.07) is 11.5. The fourth-order valence-electron chi connectivity index (χ4n) is 2.32. The lowest BCUT2D eigenvalue weighted by atomic mass is 10.2. The number of hydrogen-bond acceptors (Lipinski definition) is 2. The minimum absolute atomic E-state index is 0.221. The lowest BCUT2D eigenvalue weighted by Crippen LogP contribution is -2.03. The average Bonchev–Trinajstić information content (AvgIpc) is 2.83. The van der Waals surface area contributed by atoms with E-state index in [1.54, 1.807) is 18.3 Å². The Kier molecular flexibility index (Phi) is 3.35. The van der Waals surface area contributed by atoms with Crippen LogP contribution < -0.4 is 0 Å². The van der Waals surface area contributed by atoms with Crippen molar-refractivity contribution in [2.75, 3.05) is 0 Å². The summed E-state index contributed by atoms with van der Waals surface area (Å²) >= 11 is 5.92. The average molecular weight is 305 g/mol. The fourth-order valence-corrected chi connectivity index (χ4v) is 2.50. The molecule has 0 fully saturated rings. The Bertz CT molecular complexity index is 845. The Morgan fingerprint density at radius 1 is 1.24 bits per heavy atom. The van der Waals surface area contributed by atoms with E-state index in [9.17, 15) is 14.5 Å². The Morgan fingerprint density at radius 3 is 2.81 bits per heavy atom. The van der Waals surface area contributed by atoms with Crippen LogP contribution in [-0.2, 0) is 6.54 Å². The third kappa shape index (κ3) is 2.48. The standard InChI is InChI=1S/C15H10ClFN2O2/c16-12-4-5-13-10(8-12)6-7-18(13)9-11-2-1-3-14(15(11)17)19(20)21/h1-8H,9H2. The predicted octanol–water partition coefficient (Wildman–Crippen LogP) is 4.39. The minimum Gasteiger partial charge on any atom is -0.343 e. The van der Waals surface area contributed by atoms with E-state index in [0.717, 1.165) is 17.0 Å². The molecule has 2 aromatic carbocycles. The number of aromatic nitrogens is 1. The summed E-state index contributed by atoms with van der Waals surface area (Å²) in [5, 5.41) is 12.3. The molecule has 21 heavy (non-hydrogen) atoms. The summed E-state index contributed by atoms with van der Waals surface area (Å²) in [6.07, 6.45) is 1.80. The van der Waals surface area contributed by atoms with Crippen molar-refractivity contribution in [3.05, 3.63) is 75.2 Å². The first kappa shape index (κ1) is 13.6. The van der Waals surface area contributed by atoms with E-state index in [1.165, 1.54) is 6.07 Å². The lowest BCUT2D eigenvalue weighted by molar-refractivity contribution is -0.387. The first-order valence-corrected chi connectivity index (χ1v) is 6.60. The van der Waals surface area contributed by atoms with Gasteiger partial charge in [0.2, 0.25) is 5.82 Å². The molecule has 0 spiro atoms. The molecule has 106 valence electrons. The molecule has 3 rings (SSSR count). The minimum atomic E-state index is -0.793. The Hall–Kier alpha value is -2.40. The maximum Gasteiger partial charge on any atom is 0.305 e. The van der Waals surface area contributed by atoms with Gasteiger partial charge in [0.05, 0.1) is 11.5 Å². The highest BCUT2D eigenvalue weighted by Gasteiger charge is 2.17. The van der Waals surface area contributed by atoms with Gasteiger partial charge in [-0.05, 0) is 24.3 Å². The smallest absolute Gasteiger partial charge is 0.305 e. The van der Waals surface area contributed by atoms with Gasteiger partial charge >= 0.3 is 5.69 Å². The van der Waals surface area contributed by atoms with Gasteiger partial charge in [0.15, 0.2) is 0 Å². The lowest BCUT2D eigenvalue weighted by Gasteiger charge is -2.07. The number of nitro groups is 1. The zero-order valence-corrected chi connectivity index (χ0v) is 11.5. The third-order valence-electron chi connectivity index (χ3n) is 3.33. The molecule has 0 radical (unpaired) electrons. The molecule has 1 aromatic heterocycles. The van der Waals surface area contributed by atoms with Gasteiger partial charge in [0.1, 0.15) is 0 Å². The molecule has 0 amide bonds. The van der Waals surface area contributed by atoms with Crippen molar-refractivity contribution in [2.24, 2.45) is 0 Å². The highest BCUT2D eigenvalue weighted by atomic mass is 35.5. The number of nitro benzene ring substituents is 1. The van der Waals surface area contributed by atoms with Crippen LogP contribution in [0.5, 0.6) is 0 Å². The van der Waals surface area contributed by atoms with E-state index in [2.05, 4.69) is 0 Å². The Labute approximate surface area is 124 Å². The van der Waals surface area contributed by atoms with Crippen LogP contribution in [0.1, 0.15) is 5.56 Å². The van der Waals surface area contributed by atoms with E-state index in [1.807, 2.05) is 22.8 Å². The number of rotatable bonds is 3. The molecule has 1 heterocycles. The van der Waals surface area contributed by atoms with Crippen LogP contribution in [0.25, 0.3) is 10.9 Å². The molecule has 0 saturated carbocycles. The zero-order valence-electron chi connectivity index (χ0n) is 10.8. The number of nitrogens with zero attached hydrogens (tertiary/aromatic N) is 2. The molecular weight excluding hydrogens is 295 g/mol. The third-order valence-corrected chi connectivity index (χ3v) is 3.56. The molecule has 6 heteroatoms. The molecule has 3 aromatic rings. The van der Waals surface area contributed by atoms with Gasteiger partial charge in [-0.25, -0.2) is 0 Å². The molecule has 0 aliphatic carbocycles. The second kappa shape index (κ2) is 5.18. The van der Waals surface area contributed by atoms with E-state index in [4.69, 9.17) is 11.6 Å². The zero-order chi connectivity index (χ0) is 15.0. The van der Waals surface area contributed by atoms with Crippen molar-refractivity contribution in [1.29, 1.82) is 0 Å². The van der Waals surface area contributed by atoms with E-state index in [-0.39, 0.29) is 12.1 Å². The molecule has 4 nitrogen and oxygen atoms in total. The maximum absolute atomic E-state index is 14.1. The maximum atomic E-state index is 14.1. The second-order valence-electron chi connectivity index (χ2n) is 4.65. The van der Waals surface area contributed by atoms with Crippen LogP contribution in [-0.4, -0.2) is 9.49 Å². The quantitative estimate of drug-likeness (QED) is 0.532. The number of benzene rings is 2. The van der Waals surface area contributed by atoms with E-state index >= 15 is 0 Å². The van der Waals surface area contributed by atoms with Gasteiger partial charge < -0.3 is 4.57 Å². The SMILES string of the molecule is O=[N+]([O-])c1cccc(Cn2ccc3cc(Cl)ccc32)c1F. The number of fused-ring (bicyclic) bond motifs is 1. The van der Waals surface area contributed by atoms with Crippen molar-refractivity contribution in [3.8, 4) is 0 Å². The summed E-state index contributed by atoms with van der Waals surface area (Å²) in [5.74, 6) is -0.793. The van der Waals surface area contributed by atoms with Gasteiger partial charge in [-0.1, -0.05) is 23.7 Å². The predicted molar refractivity (Wildman–Crippen MR) is 79.1 cm³/mol. The van der Waals surface area contributed by atoms with Crippen LogP contribution in [0, 0.1) is 15.9 Å². The number of hydrogen-bond donors (Lipinski definition) is 0. The summed E-state index contributed by atoms with van der Waals surface area (Å²) in [5.41, 5.74) is 0.661. The highest BCUT2D eigenvalue weighted by Crippen LogP contribution is 2.24. The van der Waals surface area contributed by atoms with Crippen LogP contribution >= 0.6 is 11.6 Å². The topological polar surface area (TPSA) is 48.1 Å². The Morgan fingerprint density at radius 2 is 2.05 bits per heavy atom. The van der Waals surface area contributed by atoms with Crippen LogP contribution in [0.2, 0.25) is 5.02 Å². The van der Waals surface area contributed by atoms with Crippen molar-refractivity contribution < 1.29 is 9.31 Å². The van der Waals surface area contributed by atoms with Crippen LogP contribution in [0.15, 0.2) is 48.7 Å². The molecular formula is C15H10ClFN2O2. The monoisotopic (exact) mass is 304 g/mol. The number of halogens is 2. The second-order valence-corrected chi connectivity index (χ2v) is 5.09. The van der Waals surface area contributed by atoms with Crippen molar-refractivity contribution in [3.63, 3.8) is 0 Å². The van der Waals surface area contributed by atoms with Crippen molar-refractivity contribution in [2.45, 2.75) is 6.54 Å². The first-order chi connectivity index (χ1) is 10.1. The van der Waals surface area contributed by atoms with Crippen molar-refractivity contribution in [1.82, 2.24) is 4.57 Å². The first-order valence-electron chi connectivity index (χ1n) is 6.22. The summed E-state index contributed by atoms with van der Waals surface area (Å²) in [4.78, 5) is 10.1. The summed E-state index contributed by atoms with van der Waals surface area (Å²) in [7, 11) is 0. The molecule has 0 aliphatic rings. The van der Waals surface area contributed by atoms with Gasteiger partial charge in [0, 0.05) is 33.8 Å². The van der Waals surface area contributed by atoms with Crippen LogP contribution in [0.3, 0.4) is 0 Å². The summed E-state index contributed by atoms with van der Waals surface area (Å²) < 4.78 is 15.9. The van der Waals surface area contributed by atoms with Gasteiger partial charge in [0.25, 0.3) is 0 Å². The molecule has 0 saturated heterocycles. The van der Waals surface area contributed by atoms with Gasteiger partial charge in [-0.2, -0.15) is 4.39 Å². The molecule has 0 N–H and O–H groups in total. The van der Waals surface area contributed by atoms with Gasteiger partial charge in [-0.3, -0.25) is 10.1 Å². The normalized spacial score (nSPS) is 11.0. The van der Waals surface area contributed by atoms with Gasteiger partial charge in [-0.15, -0.1) is 0 Å². The molecule has 0 aliphatic heterocycles. The molecule has 0 atom stereocenters. The fraction of sp³-hybridized carbons (Fsp3) is 0.0667. The van der Waals surface area contributed by atoms with E-state index < -0.39 is 16.4 Å². The Balaban J connectivity index is 2.03. The highest BCUT2D eigenvalue weighted by molar-refractivity contribution is 6.31. The molecule has 0 bridgehead atoms. The largest absolute Gasteiger partial charge is 0.343 e. The summed E-state index contributed by atoms with van der Waals surface area (Å²) in [6.45, 7) is 0.221.